The maximum absolute atomic E-state index is 15.7. The van der Waals surface area contributed by atoms with Gasteiger partial charge >= 0.3 is 5.97 Å². The number of rotatable bonds is 13. The second-order valence-electron chi connectivity index (χ2n) is 18.7. The molecule has 2 aromatic heterocycles. The number of hydrogen-bond donors (Lipinski definition) is 2. The van der Waals surface area contributed by atoms with Crippen LogP contribution in [-0.4, -0.2) is 128 Å². The van der Waals surface area contributed by atoms with E-state index in [1.807, 2.05) is 65.4 Å². The topological polar surface area (TPSA) is 163 Å². The van der Waals surface area contributed by atoms with Crippen LogP contribution < -0.4 is 15.0 Å². The highest BCUT2D eigenvalue weighted by molar-refractivity contribution is 6.35. The molecule has 15 nitrogen and oxygen atoms in total. The summed E-state index contributed by atoms with van der Waals surface area (Å²) in [6.45, 7) is 9.18. The average molecular weight is 975 g/mol. The van der Waals surface area contributed by atoms with Crippen molar-refractivity contribution in [1.82, 2.24) is 34.4 Å². The fourth-order valence-corrected chi connectivity index (χ4v) is 11.4. The first-order valence-electron chi connectivity index (χ1n) is 23.8. The van der Waals surface area contributed by atoms with Gasteiger partial charge in [-0.2, -0.15) is 5.10 Å². The Kier molecular flexibility index (Phi) is 12.7. The number of carbonyl (C=O) groups is 5. The zero-order chi connectivity index (χ0) is 49.1. The molecule has 0 spiro atoms. The van der Waals surface area contributed by atoms with Crippen LogP contribution in [0.3, 0.4) is 0 Å². The Morgan fingerprint density at radius 2 is 1.60 bits per heavy atom. The van der Waals surface area contributed by atoms with Gasteiger partial charge in [0.15, 0.2) is 0 Å². The highest BCUT2D eigenvalue weighted by Crippen LogP contribution is 2.42. The first kappa shape index (κ1) is 47.0. The molecule has 6 heterocycles. The largest absolute Gasteiger partial charge is 0.493 e. The summed E-state index contributed by atoms with van der Waals surface area (Å²) in [5.74, 6) is -3.95. The van der Waals surface area contributed by atoms with Gasteiger partial charge in [0.2, 0.25) is 11.8 Å². The van der Waals surface area contributed by atoms with Gasteiger partial charge in [-0.05, 0) is 112 Å². The summed E-state index contributed by atoms with van der Waals surface area (Å²) >= 11 is 7.09. The van der Waals surface area contributed by atoms with Gasteiger partial charge in [0.05, 0.1) is 39.7 Å². The number of hydrogen-bond acceptors (Lipinski definition) is 10. The fraction of sp³-hybridized carbons (Fsp3) is 0.385. The summed E-state index contributed by atoms with van der Waals surface area (Å²) in [6.07, 6.45) is 2.74. The molecule has 4 amide bonds. The Morgan fingerprint density at radius 1 is 0.871 bits per heavy atom. The van der Waals surface area contributed by atoms with E-state index in [9.17, 15) is 33.5 Å². The molecule has 3 saturated heterocycles. The molecule has 4 aromatic carbocycles. The molecule has 18 heteroatoms. The number of piperidine rings is 2. The van der Waals surface area contributed by atoms with Crippen LogP contribution >= 0.6 is 11.6 Å². The van der Waals surface area contributed by atoms with E-state index in [-0.39, 0.29) is 47.2 Å². The van der Waals surface area contributed by atoms with E-state index in [1.165, 1.54) is 18.2 Å². The third kappa shape index (κ3) is 8.46. The van der Waals surface area contributed by atoms with Crippen molar-refractivity contribution in [3.05, 3.63) is 111 Å². The molecular formula is C52H53ClF2N8O7. The van der Waals surface area contributed by atoms with Gasteiger partial charge in [0.25, 0.3) is 11.8 Å². The van der Waals surface area contributed by atoms with Gasteiger partial charge in [-0.15, -0.1) is 0 Å². The Balaban J connectivity index is 0.821. The predicted octanol–water partition coefficient (Wildman–Crippen LogP) is 7.14. The minimum atomic E-state index is -1.13. The summed E-state index contributed by atoms with van der Waals surface area (Å²) in [4.78, 5) is 72.0. The normalized spacial score (nSPS) is 18.4. The molecule has 0 saturated carbocycles. The van der Waals surface area contributed by atoms with Gasteiger partial charge in [0.1, 0.15) is 29.1 Å². The number of nitrogens with zero attached hydrogens (tertiary/aromatic N) is 7. The maximum atomic E-state index is 15.7. The number of anilines is 1. The molecule has 4 aliphatic rings. The number of aromatic carboxylic acids is 1. The van der Waals surface area contributed by atoms with Crippen molar-refractivity contribution in [3.63, 3.8) is 0 Å². The molecule has 4 aliphatic heterocycles. The van der Waals surface area contributed by atoms with E-state index in [0.29, 0.717) is 75.1 Å². The van der Waals surface area contributed by atoms with Crippen LogP contribution in [0.1, 0.15) is 80.3 Å². The molecule has 2 N–H and O–H groups in total. The number of carboxylic acid groups (broad SMARTS) is 1. The smallest absolute Gasteiger partial charge is 0.352 e. The first-order chi connectivity index (χ1) is 33.7. The second-order valence-corrected chi connectivity index (χ2v) is 19.1. The number of halogens is 3. The van der Waals surface area contributed by atoms with Crippen LogP contribution in [0.5, 0.6) is 5.75 Å². The third-order valence-electron chi connectivity index (χ3n) is 14.7. The molecule has 10 rings (SSSR count). The summed E-state index contributed by atoms with van der Waals surface area (Å²) < 4.78 is 39.6. The number of carbonyl (C=O) groups excluding carboxylic acids is 4. The zero-order valence-electron chi connectivity index (χ0n) is 39.2. The molecule has 1 atom stereocenters. The summed E-state index contributed by atoms with van der Waals surface area (Å²) in [7, 11) is 1.88. The lowest BCUT2D eigenvalue weighted by Gasteiger charge is -2.43. The van der Waals surface area contributed by atoms with Gasteiger partial charge in [-0.3, -0.25) is 39.0 Å². The number of benzene rings is 4. The van der Waals surface area contributed by atoms with Gasteiger partial charge in [0, 0.05) is 86.4 Å². The van der Waals surface area contributed by atoms with Crippen LogP contribution in [0.4, 0.5) is 14.5 Å². The Bertz CT molecular complexity index is 3140. The Morgan fingerprint density at radius 3 is 2.30 bits per heavy atom. The van der Waals surface area contributed by atoms with E-state index in [2.05, 4.69) is 15.1 Å². The van der Waals surface area contributed by atoms with Crippen LogP contribution in [0.25, 0.3) is 32.8 Å². The molecule has 70 heavy (non-hydrogen) atoms. The van der Waals surface area contributed by atoms with Crippen LogP contribution in [0.2, 0.25) is 5.02 Å². The number of nitrogens with one attached hydrogen (secondary N) is 1. The van der Waals surface area contributed by atoms with E-state index >= 15 is 4.39 Å². The highest BCUT2D eigenvalue weighted by Gasteiger charge is 2.45. The van der Waals surface area contributed by atoms with E-state index in [4.69, 9.17) is 21.4 Å². The Labute approximate surface area is 407 Å². The van der Waals surface area contributed by atoms with Crippen molar-refractivity contribution >= 4 is 68.6 Å². The molecular weight excluding hydrogens is 922 g/mol. The number of ether oxygens (including phenoxy) is 1. The quantitative estimate of drug-likeness (QED) is 0.0894. The van der Waals surface area contributed by atoms with Gasteiger partial charge in [-0.25, -0.2) is 13.6 Å². The standard InChI is InChI=1S/C52H53ClF2N8O7/c1-29-45(30(2)58(3)57-29)46-39(53)12-11-36-35(7-5-25-70-43-8-4-6-31-26-32(54)9-10-34(31)43)48(52(68)69)62(47(36)46)24-19-59-17-15-33(16-18-59)60-20-22-61(23-21-60)42-28-38-37(27-40(42)55)50(66)63(51(38)67)41-13-14-44(64)56-49(41)65/h4,6,8-12,26-28,33,41H,5,7,13-25H2,1-3H3,(H,68,69)(H,56,64,65). The van der Waals surface area contributed by atoms with Crippen LogP contribution in [-0.2, 0) is 29.6 Å². The second kappa shape index (κ2) is 18.9. The van der Waals surface area contributed by atoms with Gasteiger partial charge in [-0.1, -0.05) is 29.8 Å². The van der Waals surface area contributed by atoms with E-state index in [0.717, 1.165) is 81.1 Å². The van der Waals surface area contributed by atoms with Crippen molar-refractivity contribution in [2.75, 3.05) is 57.3 Å². The lowest BCUT2D eigenvalue weighted by molar-refractivity contribution is -0.136. The molecule has 3 fully saturated rings. The third-order valence-corrected chi connectivity index (χ3v) is 15.1. The monoisotopic (exact) mass is 974 g/mol. The van der Waals surface area contributed by atoms with Crippen LogP contribution in [0.15, 0.2) is 60.7 Å². The zero-order valence-corrected chi connectivity index (χ0v) is 40.0. The van der Waals surface area contributed by atoms with Gasteiger partial charge < -0.3 is 24.2 Å². The molecule has 0 radical (unpaired) electrons. The highest BCUT2D eigenvalue weighted by atomic mass is 35.5. The number of carboxylic acids is 1. The number of piperazine rings is 1. The molecule has 1 unspecified atom stereocenters. The van der Waals surface area contributed by atoms with Crippen LogP contribution in [0, 0.1) is 25.5 Å². The number of likely N-dealkylation sites (tertiary alicyclic amines) is 1. The number of fused-ring (bicyclic) bond motifs is 3. The first-order valence-corrected chi connectivity index (χ1v) is 24.2. The maximum Gasteiger partial charge on any atom is 0.352 e. The molecule has 6 aromatic rings. The molecule has 364 valence electrons. The SMILES string of the molecule is Cc1nn(C)c(C)c1-c1c(Cl)ccc2c(CCCOc3cccc4cc(F)ccc34)c(C(=O)O)n(CCN3CCC(N4CCN(c5cc6c(cc5F)C(=O)N(C5CCC(=O)NC5=O)C6=O)CC4)CC3)c12. The minimum absolute atomic E-state index is 0.00487. The van der Waals surface area contributed by atoms with Crippen molar-refractivity contribution in [1.29, 1.82) is 0 Å². The molecule has 0 aliphatic carbocycles. The van der Waals surface area contributed by atoms with E-state index in [1.54, 1.807) is 6.07 Å². The number of amides is 4. The lowest BCUT2D eigenvalue weighted by atomic mass is 9.98. The summed E-state index contributed by atoms with van der Waals surface area (Å²) in [6, 6.07) is 15.5. The number of imide groups is 2. The number of aryl methyl sites for hydroxylation is 3. The minimum Gasteiger partial charge on any atom is -0.493 e. The van der Waals surface area contributed by atoms with Crippen molar-refractivity contribution in [3.8, 4) is 16.9 Å². The van der Waals surface area contributed by atoms with Crippen molar-refractivity contribution in [2.45, 2.75) is 71.0 Å². The van der Waals surface area contributed by atoms with Crippen molar-refractivity contribution in [2.24, 2.45) is 7.05 Å². The summed E-state index contributed by atoms with van der Waals surface area (Å²) in [5, 5.41) is 20.7. The predicted molar refractivity (Wildman–Crippen MR) is 260 cm³/mol. The molecule has 0 bridgehead atoms. The fourth-order valence-electron chi connectivity index (χ4n) is 11.2. The number of aromatic nitrogens is 3. The summed E-state index contributed by atoms with van der Waals surface area (Å²) in [5.41, 5.74) is 5.18. The lowest BCUT2D eigenvalue weighted by Crippen LogP contribution is -2.54. The Hall–Kier alpha value is -6.69. The average Bonchev–Trinajstić information content (AvgIpc) is 3.89. The van der Waals surface area contributed by atoms with E-state index < -0.39 is 41.5 Å². The van der Waals surface area contributed by atoms with Crippen molar-refractivity contribution < 1.29 is 42.6 Å².